The van der Waals surface area contributed by atoms with Crippen LogP contribution >= 0.6 is 0 Å². The predicted octanol–water partition coefficient (Wildman–Crippen LogP) is 2.88. The quantitative estimate of drug-likeness (QED) is 0.903. The van der Waals surface area contributed by atoms with Gasteiger partial charge in [-0.05, 0) is 32.9 Å². The van der Waals surface area contributed by atoms with E-state index in [9.17, 15) is 13.9 Å². The highest BCUT2D eigenvalue weighted by Gasteiger charge is 2.33. The summed E-state index contributed by atoms with van der Waals surface area (Å²) in [6, 6.07) is 6.86. The number of rotatable bonds is 5. The minimum atomic E-state index is -2.81. The third-order valence-electron chi connectivity index (χ3n) is 3.85. The van der Waals surface area contributed by atoms with Gasteiger partial charge in [-0.3, -0.25) is 4.90 Å². The van der Waals surface area contributed by atoms with Gasteiger partial charge >= 0.3 is 6.61 Å². The molecule has 0 aliphatic carbocycles. The molecule has 3 nitrogen and oxygen atoms in total. The van der Waals surface area contributed by atoms with Gasteiger partial charge in [-0.1, -0.05) is 18.2 Å². The second-order valence-corrected chi connectivity index (χ2v) is 5.86. The monoisotopic (exact) mass is 285 g/mol. The zero-order chi connectivity index (χ0) is 14.8. The SMILES string of the molecule is CC(C)(O)[C@@H]1CCN(Cc2ccccc2OC(F)F)C1. The molecule has 5 heteroatoms. The van der Waals surface area contributed by atoms with Crippen molar-refractivity contribution in [2.75, 3.05) is 13.1 Å². The summed E-state index contributed by atoms with van der Waals surface area (Å²) in [4.78, 5) is 2.16. The fourth-order valence-corrected chi connectivity index (χ4v) is 2.64. The summed E-state index contributed by atoms with van der Waals surface area (Å²) >= 11 is 0. The van der Waals surface area contributed by atoms with Gasteiger partial charge in [0.15, 0.2) is 0 Å². The molecule has 2 rings (SSSR count). The molecule has 1 aliphatic rings. The van der Waals surface area contributed by atoms with E-state index >= 15 is 0 Å². The van der Waals surface area contributed by atoms with Gasteiger partial charge in [0.25, 0.3) is 0 Å². The lowest BCUT2D eigenvalue weighted by molar-refractivity contribution is -0.0507. The molecule has 0 unspecified atom stereocenters. The van der Waals surface area contributed by atoms with Crippen LogP contribution in [0.2, 0.25) is 0 Å². The Balaban J connectivity index is 2.01. The minimum Gasteiger partial charge on any atom is -0.434 e. The van der Waals surface area contributed by atoms with Gasteiger partial charge in [0, 0.05) is 24.6 Å². The lowest BCUT2D eigenvalue weighted by Crippen LogP contribution is -2.33. The average molecular weight is 285 g/mol. The largest absolute Gasteiger partial charge is 0.434 e. The maximum absolute atomic E-state index is 12.4. The molecule has 1 aliphatic heterocycles. The van der Waals surface area contributed by atoms with Crippen molar-refractivity contribution in [3.8, 4) is 5.75 Å². The lowest BCUT2D eigenvalue weighted by atomic mass is 9.90. The summed E-state index contributed by atoms with van der Waals surface area (Å²) in [7, 11) is 0. The van der Waals surface area contributed by atoms with Gasteiger partial charge in [-0.2, -0.15) is 8.78 Å². The van der Waals surface area contributed by atoms with E-state index in [1.807, 2.05) is 19.9 Å². The van der Waals surface area contributed by atoms with E-state index < -0.39 is 12.2 Å². The van der Waals surface area contributed by atoms with Gasteiger partial charge in [0.2, 0.25) is 0 Å². The van der Waals surface area contributed by atoms with Crippen LogP contribution in [0.1, 0.15) is 25.8 Å². The Morgan fingerprint density at radius 2 is 2.10 bits per heavy atom. The summed E-state index contributed by atoms with van der Waals surface area (Å²) in [6.45, 7) is 3.02. The summed E-state index contributed by atoms with van der Waals surface area (Å²) in [5.41, 5.74) is 0.0532. The van der Waals surface area contributed by atoms with Crippen LogP contribution in [-0.2, 0) is 6.54 Å². The Morgan fingerprint density at radius 3 is 2.70 bits per heavy atom. The third kappa shape index (κ3) is 3.90. The standard InChI is InChI=1S/C15H21F2NO2/c1-15(2,19)12-7-8-18(10-12)9-11-5-3-4-6-13(11)20-14(16)17/h3-6,12,14,19H,7-10H2,1-2H3/t12-/m1/s1. The van der Waals surface area contributed by atoms with E-state index in [1.165, 1.54) is 0 Å². The highest BCUT2D eigenvalue weighted by Crippen LogP contribution is 2.29. The van der Waals surface area contributed by atoms with Gasteiger partial charge in [-0.15, -0.1) is 0 Å². The first kappa shape index (κ1) is 15.2. The van der Waals surface area contributed by atoms with Crippen LogP contribution in [0.4, 0.5) is 8.78 Å². The number of likely N-dealkylation sites (tertiary alicyclic amines) is 1. The number of hydrogen-bond acceptors (Lipinski definition) is 3. The number of hydrogen-bond donors (Lipinski definition) is 1. The molecule has 0 saturated carbocycles. The van der Waals surface area contributed by atoms with Crippen LogP contribution in [0.25, 0.3) is 0 Å². The first-order valence-corrected chi connectivity index (χ1v) is 6.83. The van der Waals surface area contributed by atoms with Crippen LogP contribution in [0.5, 0.6) is 5.75 Å². The molecule has 0 radical (unpaired) electrons. The van der Waals surface area contributed by atoms with Crippen molar-refractivity contribution in [2.45, 2.75) is 39.0 Å². The summed E-state index contributed by atoms with van der Waals surface area (Å²) in [5.74, 6) is 0.444. The predicted molar refractivity (Wildman–Crippen MR) is 72.8 cm³/mol. The van der Waals surface area contributed by atoms with Crippen LogP contribution in [0, 0.1) is 5.92 Å². The second-order valence-electron chi connectivity index (χ2n) is 5.86. The van der Waals surface area contributed by atoms with Crippen LogP contribution < -0.4 is 4.74 Å². The number of alkyl halides is 2. The number of halogens is 2. The molecule has 0 spiro atoms. The molecule has 1 aromatic carbocycles. The van der Waals surface area contributed by atoms with Crippen LogP contribution in [0.15, 0.2) is 24.3 Å². The number of para-hydroxylation sites is 1. The molecule has 1 atom stereocenters. The van der Waals surface area contributed by atoms with Crippen molar-refractivity contribution in [3.05, 3.63) is 29.8 Å². The van der Waals surface area contributed by atoms with Crippen LogP contribution in [0.3, 0.4) is 0 Å². The Kier molecular flexibility index (Phi) is 4.60. The minimum absolute atomic E-state index is 0.214. The Hall–Kier alpha value is -1.20. The van der Waals surface area contributed by atoms with Gasteiger partial charge in [-0.25, -0.2) is 0 Å². The molecule has 1 aromatic rings. The molecule has 0 aromatic heterocycles. The molecule has 1 N–H and O–H groups in total. The summed E-state index contributed by atoms with van der Waals surface area (Å²) in [6.07, 6.45) is 0.918. The molecular weight excluding hydrogens is 264 g/mol. The maximum Gasteiger partial charge on any atom is 0.387 e. The molecule has 112 valence electrons. The van der Waals surface area contributed by atoms with E-state index in [1.54, 1.807) is 18.2 Å². The van der Waals surface area contributed by atoms with Gasteiger partial charge in [0.05, 0.1) is 5.60 Å². The first-order chi connectivity index (χ1) is 9.36. The first-order valence-electron chi connectivity index (χ1n) is 6.83. The Bertz CT molecular complexity index is 446. The third-order valence-corrected chi connectivity index (χ3v) is 3.85. The van der Waals surface area contributed by atoms with E-state index in [4.69, 9.17) is 0 Å². The Morgan fingerprint density at radius 1 is 1.40 bits per heavy atom. The summed E-state index contributed by atoms with van der Waals surface area (Å²) < 4.78 is 29.3. The number of nitrogens with zero attached hydrogens (tertiary/aromatic N) is 1. The number of benzene rings is 1. The van der Waals surface area contributed by atoms with Crippen molar-refractivity contribution < 1.29 is 18.6 Å². The second kappa shape index (κ2) is 6.06. The van der Waals surface area contributed by atoms with E-state index in [2.05, 4.69) is 9.64 Å². The molecule has 0 amide bonds. The number of ether oxygens (including phenoxy) is 1. The molecule has 20 heavy (non-hydrogen) atoms. The average Bonchev–Trinajstić information content (AvgIpc) is 2.79. The van der Waals surface area contributed by atoms with Crippen molar-refractivity contribution in [2.24, 2.45) is 5.92 Å². The van der Waals surface area contributed by atoms with Crippen LogP contribution in [-0.4, -0.2) is 35.3 Å². The molecular formula is C15H21F2NO2. The van der Waals surface area contributed by atoms with E-state index in [0.29, 0.717) is 6.54 Å². The van der Waals surface area contributed by atoms with Crippen molar-refractivity contribution in [1.82, 2.24) is 4.90 Å². The maximum atomic E-state index is 12.4. The fourth-order valence-electron chi connectivity index (χ4n) is 2.64. The number of aliphatic hydroxyl groups is 1. The van der Waals surface area contributed by atoms with Crippen molar-refractivity contribution in [1.29, 1.82) is 0 Å². The topological polar surface area (TPSA) is 32.7 Å². The normalized spacial score (nSPS) is 20.6. The fraction of sp³-hybridized carbons (Fsp3) is 0.600. The molecule has 1 saturated heterocycles. The zero-order valence-electron chi connectivity index (χ0n) is 11.9. The highest BCUT2D eigenvalue weighted by molar-refractivity contribution is 5.33. The summed E-state index contributed by atoms with van der Waals surface area (Å²) in [5, 5.41) is 10.0. The lowest BCUT2D eigenvalue weighted by Gasteiger charge is -2.26. The Labute approximate surface area is 118 Å². The van der Waals surface area contributed by atoms with E-state index in [-0.39, 0.29) is 11.7 Å². The molecule has 0 bridgehead atoms. The smallest absolute Gasteiger partial charge is 0.387 e. The van der Waals surface area contributed by atoms with Gasteiger partial charge < -0.3 is 9.84 Å². The zero-order valence-corrected chi connectivity index (χ0v) is 11.9. The van der Waals surface area contributed by atoms with Crippen molar-refractivity contribution >= 4 is 0 Å². The van der Waals surface area contributed by atoms with Crippen molar-refractivity contribution in [3.63, 3.8) is 0 Å². The molecule has 1 heterocycles. The van der Waals surface area contributed by atoms with E-state index in [0.717, 1.165) is 25.1 Å². The molecule has 1 fully saturated rings. The van der Waals surface area contributed by atoms with Gasteiger partial charge in [0.1, 0.15) is 5.75 Å². The highest BCUT2D eigenvalue weighted by atomic mass is 19.3.